The summed E-state index contributed by atoms with van der Waals surface area (Å²) in [5, 5.41) is 4.05. The Balaban J connectivity index is 2.38. The Labute approximate surface area is 125 Å². The van der Waals surface area contributed by atoms with Crippen molar-refractivity contribution in [2.45, 2.75) is 13.0 Å². The molecule has 0 spiro atoms. The van der Waals surface area contributed by atoms with Crippen LogP contribution in [0.2, 0.25) is 5.02 Å². The molecule has 0 aliphatic heterocycles. The largest absolute Gasteiger partial charge is 0.307 e. The molecule has 2 aromatic rings. The molecular weight excluding hydrogens is 329 g/mol. The average molecular weight is 343 g/mol. The summed E-state index contributed by atoms with van der Waals surface area (Å²) < 4.78 is 13.9. The quantitative estimate of drug-likeness (QED) is 0.830. The fraction of sp³-hybridized carbons (Fsp3) is 0.200. The molecule has 1 atom stereocenters. The highest BCUT2D eigenvalue weighted by Crippen LogP contribution is 2.29. The molecule has 4 heteroatoms. The Morgan fingerprint density at radius 2 is 1.79 bits per heavy atom. The zero-order valence-electron chi connectivity index (χ0n) is 10.5. The van der Waals surface area contributed by atoms with Crippen LogP contribution in [-0.4, -0.2) is 6.54 Å². The number of benzene rings is 2. The van der Waals surface area contributed by atoms with Crippen molar-refractivity contribution in [2.24, 2.45) is 0 Å². The summed E-state index contributed by atoms with van der Waals surface area (Å²) in [5.74, 6) is -0.229. The molecule has 0 radical (unpaired) electrons. The number of nitrogens with one attached hydrogen (secondary N) is 1. The second-order valence-corrected chi connectivity index (χ2v) is 5.48. The van der Waals surface area contributed by atoms with Crippen LogP contribution in [0, 0.1) is 5.82 Å². The van der Waals surface area contributed by atoms with E-state index in [1.807, 2.05) is 25.1 Å². The van der Waals surface area contributed by atoms with Crippen LogP contribution in [0.4, 0.5) is 4.39 Å². The normalized spacial score (nSPS) is 12.4. The molecule has 0 saturated heterocycles. The molecule has 0 fully saturated rings. The first-order valence-electron chi connectivity index (χ1n) is 6.05. The first kappa shape index (κ1) is 14.5. The zero-order valence-corrected chi connectivity index (χ0v) is 12.8. The molecule has 0 aromatic heterocycles. The van der Waals surface area contributed by atoms with E-state index in [4.69, 9.17) is 11.6 Å². The maximum Gasteiger partial charge on any atom is 0.123 e. The molecule has 0 aliphatic carbocycles. The van der Waals surface area contributed by atoms with Crippen LogP contribution in [0.15, 0.2) is 46.9 Å². The van der Waals surface area contributed by atoms with E-state index in [0.717, 1.165) is 22.1 Å². The monoisotopic (exact) mass is 341 g/mol. The van der Waals surface area contributed by atoms with Crippen LogP contribution >= 0.6 is 27.5 Å². The Morgan fingerprint density at radius 1 is 1.16 bits per heavy atom. The van der Waals surface area contributed by atoms with Gasteiger partial charge in [-0.05, 0) is 57.9 Å². The van der Waals surface area contributed by atoms with E-state index in [2.05, 4.69) is 21.2 Å². The maximum atomic E-state index is 13.0. The lowest BCUT2D eigenvalue weighted by atomic mass is 9.98. The minimum absolute atomic E-state index is 0.0104. The van der Waals surface area contributed by atoms with Crippen molar-refractivity contribution in [1.29, 1.82) is 0 Å². The van der Waals surface area contributed by atoms with Gasteiger partial charge in [-0.25, -0.2) is 4.39 Å². The topological polar surface area (TPSA) is 12.0 Å². The maximum absolute atomic E-state index is 13.0. The highest BCUT2D eigenvalue weighted by Gasteiger charge is 2.14. The third-order valence-electron chi connectivity index (χ3n) is 2.89. The van der Waals surface area contributed by atoms with Gasteiger partial charge in [-0.3, -0.25) is 0 Å². The molecule has 1 unspecified atom stereocenters. The number of hydrogen-bond donors (Lipinski definition) is 1. The third kappa shape index (κ3) is 3.56. The van der Waals surface area contributed by atoms with Gasteiger partial charge < -0.3 is 5.32 Å². The van der Waals surface area contributed by atoms with Crippen LogP contribution in [0.1, 0.15) is 24.1 Å². The summed E-state index contributed by atoms with van der Waals surface area (Å²) in [4.78, 5) is 0. The van der Waals surface area contributed by atoms with Crippen LogP contribution < -0.4 is 5.32 Å². The van der Waals surface area contributed by atoms with Gasteiger partial charge in [0.2, 0.25) is 0 Å². The Morgan fingerprint density at radius 3 is 2.37 bits per heavy atom. The molecule has 0 amide bonds. The molecule has 0 aliphatic rings. The van der Waals surface area contributed by atoms with Gasteiger partial charge in [0, 0.05) is 4.47 Å². The van der Waals surface area contributed by atoms with Crippen molar-refractivity contribution >= 4 is 27.5 Å². The predicted molar refractivity (Wildman–Crippen MR) is 81.1 cm³/mol. The highest BCUT2D eigenvalue weighted by molar-refractivity contribution is 9.10. The molecule has 1 N–H and O–H groups in total. The Kier molecular flexibility index (Phi) is 4.97. The summed E-state index contributed by atoms with van der Waals surface area (Å²) in [7, 11) is 0. The molecule has 0 saturated carbocycles. The van der Waals surface area contributed by atoms with E-state index in [1.165, 1.54) is 12.1 Å². The van der Waals surface area contributed by atoms with Crippen LogP contribution in [0.3, 0.4) is 0 Å². The molecule has 2 rings (SSSR count). The van der Waals surface area contributed by atoms with Gasteiger partial charge in [0.05, 0.1) is 11.1 Å². The molecule has 0 bridgehead atoms. The molecular formula is C15H14BrClFN. The summed E-state index contributed by atoms with van der Waals surface area (Å²) in [6.07, 6.45) is 0. The Hall–Kier alpha value is -0.900. The Bertz CT molecular complexity index is 557. The van der Waals surface area contributed by atoms with E-state index in [0.29, 0.717) is 5.02 Å². The second-order valence-electron chi connectivity index (χ2n) is 4.22. The van der Waals surface area contributed by atoms with Crippen LogP contribution in [0.25, 0.3) is 0 Å². The molecule has 100 valence electrons. The summed E-state index contributed by atoms with van der Waals surface area (Å²) in [6.45, 7) is 2.85. The van der Waals surface area contributed by atoms with Crippen molar-refractivity contribution in [2.75, 3.05) is 6.54 Å². The van der Waals surface area contributed by atoms with Crippen molar-refractivity contribution < 1.29 is 4.39 Å². The lowest BCUT2D eigenvalue weighted by Gasteiger charge is -2.19. The summed E-state index contributed by atoms with van der Waals surface area (Å²) in [6, 6.07) is 12.4. The van der Waals surface area contributed by atoms with Gasteiger partial charge in [-0.2, -0.15) is 0 Å². The molecule has 1 nitrogen and oxygen atoms in total. The van der Waals surface area contributed by atoms with E-state index in [9.17, 15) is 4.39 Å². The predicted octanol–water partition coefficient (Wildman–Crippen LogP) is 4.94. The number of rotatable bonds is 4. The smallest absolute Gasteiger partial charge is 0.123 e. The van der Waals surface area contributed by atoms with Gasteiger partial charge in [-0.15, -0.1) is 0 Å². The molecule has 0 heterocycles. The fourth-order valence-electron chi connectivity index (χ4n) is 1.98. The standard InChI is InChI=1S/C15H14BrClFN/c1-2-19-15(10-3-6-12(18)7-4-10)11-5-8-13(16)14(17)9-11/h3-9,15,19H,2H2,1H3. The fourth-order valence-corrected chi connectivity index (χ4v) is 2.42. The van der Waals surface area contributed by atoms with Gasteiger partial charge >= 0.3 is 0 Å². The van der Waals surface area contributed by atoms with Crippen molar-refractivity contribution in [3.63, 3.8) is 0 Å². The minimum atomic E-state index is -0.229. The van der Waals surface area contributed by atoms with E-state index >= 15 is 0 Å². The lowest BCUT2D eigenvalue weighted by Crippen LogP contribution is -2.22. The van der Waals surface area contributed by atoms with E-state index < -0.39 is 0 Å². The van der Waals surface area contributed by atoms with Gasteiger partial charge in [0.1, 0.15) is 5.82 Å². The summed E-state index contributed by atoms with van der Waals surface area (Å²) >= 11 is 9.52. The first-order chi connectivity index (χ1) is 9.11. The van der Waals surface area contributed by atoms with Crippen molar-refractivity contribution in [1.82, 2.24) is 5.32 Å². The van der Waals surface area contributed by atoms with E-state index in [1.54, 1.807) is 12.1 Å². The van der Waals surface area contributed by atoms with Crippen molar-refractivity contribution in [3.05, 3.63) is 68.9 Å². The first-order valence-corrected chi connectivity index (χ1v) is 7.22. The SMILES string of the molecule is CCNC(c1ccc(F)cc1)c1ccc(Br)c(Cl)c1. The van der Waals surface area contributed by atoms with E-state index in [-0.39, 0.29) is 11.9 Å². The number of halogens is 3. The van der Waals surface area contributed by atoms with Gasteiger partial charge in [0.25, 0.3) is 0 Å². The van der Waals surface area contributed by atoms with Crippen molar-refractivity contribution in [3.8, 4) is 0 Å². The van der Waals surface area contributed by atoms with Gasteiger partial charge in [0.15, 0.2) is 0 Å². The second kappa shape index (κ2) is 6.51. The zero-order chi connectivity index (χ0) is 13.8. The molecule has 19 heavy (non-hydrogen) atoms. The third-order valence-corrected chi connectivity index (χ3v) is 4.12. The lowest BCUT2D eigenvalue weighted by molar-refractivity contribution is 0.613. The average Bonchev–Trinajstić information content (AvgIpc) is 2.41. The molecule has 2 aromatic carbocycles. The van der Waals surface area contributed by atoms with Gasteiger partial charge in [-0.1, -0.05) is 36.7 Å². The van der Waals surface area contributed by atoms with Crippen LogP contribution in [-0.2, 0) is 0 Å². The highest BCUT2D eigenvalue weighted by atomic mass is 79.9. The number of hydrogen-bond acceptors (Lipinski definition) is 1. The van der Waals surface area contributed by atoms with Crippen LogP contribution in [0.5, 0.6) is 0 Å². The minimum Gasteiger partial charge on any atom is -0.307 e. The summed E-state index contributed by atoms with van der Waals surface area (Å²) in [5.41, 5.74) is 2.07.